The van der Waals surface area contributed by atoms with Crippen molar-refractivity contribution in [1.29, 1.82) is 0 Å². The van der Waals surface area contributed by atoms with E-state index in [4.69, 9.17) is 5.73 Å². The normalized spacial score (nSPS) is 52.9. The van der Waals surface area contributed by atoms with Crippen LogP contribution >= 0.6 is 0 Å². The smallest absolute Gasteiger partial charge is 0.226 e. The first-order valence-electron chi connectivity index (χ1n) is 15.3. The molecule has 5 rings (SSSR count). The summed E-state index contributed by atoms with van der Waals surface area (Å²) in [6.07, 6.45) is 10.2. The summed E-state index contributed by atoms with van der Waals surface area (Å²) < 4.78 is 0. The molecule has 0 aromatic carbocycles. The Bertz CT molecular complexity index is 937. The van der Waals surface area contributed by atoms with E-state index in [1.807, 2.05) is 0 Å². The standard InChI is InChI=1S/C32H54N2O3/c1-20(2)21-9-14-32(27(37)34-18-17-33)16-15-30(5)22(26(21)32)7-8-24-28(3)12-11-25(36)29(4,19-35)23(28)10-13-31(24,30)6/h21-26,35-36H,1,7-19,33H2,2-6H3,(H,34,37)/t21-,22?,23+,24+,25-,26+,28-,29-,30+,31+,32-/m0/s1. The lowest BCUT2D eigenvalue weighted by Crippen LogP contribution is -2.68. The highest BCUT2D eigenvalue weighted by atomic mass is 16.3. The highest BCUT2D eigenvalue weighted by molar-refractivity contribution is 5.84. The summed E-state index contributed by atoms with van der Waals surface area (Å²) in [6.45, 7) is 17.6. The second-order valence-corrected chi connectivity index (χ2v) is 15.1. The van der Waals surface area contributed by atoms with E-state index in [1.165, 1.54) is 18.4 Å². The Morgan fingerprint density at radius 1 is 0.946 bits per heavy atom. The van der Waals surface area contributed by atoms with Crippen LogP contribution in [-0.2, 0) is 4.79 Å². The van der Waals surface area contributed by atoms with E-state index in [9.17, 15) is 15.0 Å². The van der Waals surface area contributed by atoms with Crippen LogP contribution in [0.15, 0.2) is 12.2 Å². The molecular formula is C32H54N2O3. The molecule has 0 bridgehead atoms. The molecule has 5 N–H and O–H groups in total. The molecule has 1 amide bonds. The maximum Gasteiger partial charge on any atom is 0.226 e. The summed E-state index contributed by atoms with van der Waals surface area (Å²) in [4.78, 5) is 13.8. The van der Waals surface area contributed by atoms with E-state index < -0.39 is 11.5 Å². The van der Waals surface area contributed by atoms with Crippen LogP contribution in [0.5, 0.6) is 0 Å². The largest absolute Gasteiger partial charge is 0.396 e. The maximum atomic E-state index is 13.8. The predicted octanol–water partition coefficient (Wildman–Crippen LogP) is 5.05. The first-order valence-corrected chi connectivity index (χ1v) is 15.3. The molecule has 5 nitrogen and oxygen atoms in total. The number of aliphatic hydroxyl groups is 2. The van der Waals surface area contributed by atoms with Gasteiger partial charge in [-0.3, -0.25) is 4.79 Å². The molecule has 0 aromatic heterocycles. The third kappa shape index (κ3) is 3.48. The summed E-state index contributed by atoms with van der Waals surface area (Å²) in [7, 11) is 0. The van der Waals surface area contributed by atoms with Crippen molar-refractivity contribution in [1.82, 2.24) is 5.32 Å². The predicted molar refractivity (Wildman–Crippen MR) is 148 cm³/mol. The molecule has 1 unspecified atom stereocenters. The first kappa shape index (κ1) is 27.6. The van der Waals surface area contributed by atoms with E-state index in [0.717, 1.165) is 51.4 Å². The second-order valence-electron chi connectivity index (χ2n) is 15.1. The summed E-state index contributed by atoms with van der Waals surface area (Å²) >= 11 is 0. The number of amides is 1. The van der Waals surface area contributed by atoms with E-state index in [1.54, 1.807) is 0 Å². The van der Waals surface area contributed by atoms with Gasteiger partial charge in [0.25, 0.3) is 0 Å². The van der Waals surface area contributed by atoms with E-state index >= 15 is 0 Å². The van der Waals surface area contributed by atoms with Crippen LogP contribution in [0, 0.1) is 56.7 Å². The van der Waals surface area contributed by atoms with Gasteiger partial charge < -0.3 is 21.3 Å². The van der Waals surface area contributed by atoms with Crippen molar-refractivity contribution in [2.75, 3.05) is 19.7 Å². The van der Waals surface area contributed by atoms with Gasteiger partial charge in [0.15, 0.2) is 0 Å². The minimum atomic E-state index is -0.413. The highest BCUT2D eigenvalue weighted by Gasteiger charge is 2.72. The lowest BCUT2D eigenvalue weighted by Gasteiger charge is -2.73. The Morgan fingerprint density at radius 2 is 1.68 bits per heavy atom. The van der Waals surface area contributed by atoms with Gasteiger partial charge in [0, 0.05) is 18.5 Å². The molecule has 5 aliphatic rings. The Hall–Kier alpha value is -0.910. The number of carbonyl (C=O) groups is 1. The number of nitrogens with two attached hydrogens (primary N) is 1. The fourth-order valence-corrected chi connectivity index (χ4v) is 11.9. The quantitative estimate of drug-likeness (QED) is 0.386. The van der Waals surface area contributed by atoms with Crippen molar-refractivity contribution in [3.8, 4) is 0 Å². The molecule has 0 saturated heterocycles. The lowest BCUT2D eigenvalue weighted by atomic mass is 9.32. The number of allylic oxidation sites excluding steroid dienone is 1. The molecule has 5 saturated carbocycles. The van der Waals surface area contributed by atoms with Crippen LogP contribution < -0.4 is 11.1 Å². The van der Waals surface area contributed by atoms with Crippen LogP contribution in [0.1, 0.15) is 98.8 Å². The molecular weight excluding hydrogens is 460 g/mol. The third-order valence-electron chi connectivity index (χ3n) is 14.1. The van der Waals surface area contributed by atoms with Crippen LogP contribution in [-0.4, -0.2) is 41.9 Å². The lowest BCUT2D eigenvalue weighted by molar-refractivity contribution is -0.252. The maximum absolute atomic E-state index is 13.8. The van der Waals surface area contributed by atoms with Gasteiger partial charge in [-0.05, 0) is 117 Å². The Labute approximate surface area is 225 Å². The van der Waals surface area contributed by atoms with Gasteiger partial charge in [0.1, 0.15) is 0 Å². The van der Waals surface area contributed by atoms with Gasteiger partial charge in [-0.25, -0.2) is 0 Å². The van der Waals surface area contributed by atoms with Crippen LogP contribution in [0.2, 0.25) is 0 Å². The summed E-state index contributed by atoms with van der Waals surface area (Å²) in [5, 5.41) is 24.7. The molecule has 210 valence electrons. The van der Waals surface area contributed by atoms with Crippen molar-refractivity contribution in [3.05, 3.63) is 12.2 Å². The Morgan fingerprint density at radius 3 is 2.32 bits per heavy atom. The van der Waals surface area contributed by atoms with Crippen molar-refractivity contribution in [2.24, 2.45) is 62.4 Å². The van der Waals surface area contributed by atoms with Gasteiger partial charge in [-0.2, -0.15) is 0 Å². The molecule has 0 aliphatic heterocycles. The van der Waals surface area contributed by atoms with Gasteiger partial charge in [-0.1, -0.05) is 39.8 Å². The summed E-state index contributed by atoms with van der Waals surface area (Å²) in [5.41, 5.74) is 6.85. The molecule has 5 fully saturated rings. The molecule has 5 aliphatic carbocycles. The Kier molecular flexibility index (Phi) is 6.77. The number of carbonyl (C=O) groups excluding carboxylic acids is 1. The molecule has 5 heteroatoms. The monoisotopic (exact) mass is 514 g/mol. The van der Waals surface area contributed by atoms with Gasteiger partial charge in [-0.15, -0.1) is 0 Å². The van der Waals surface area contributed by atoms with Crippen molar-refractivity contribution in [3.63, 3.8) is 0 Å². The molecule has 37 heavy (non-hydrogen) atoms. The van der Waals surface area contributed by atoms with Crippen LogP contribution in [0.3, 0.4) is 0 Å². The van der Waals surface area contributed by atoms with E-state index in [0.29, 0.717) is 42.7 Å². The number of hydrogen-bond acceptors (Lipinski definition) is 4. The van der Waals surface area contributed by atoms with Gasteiger partial charge in [0.05, 0.1) is 18.1 Å². The summed E-state index contributed by atoms with van der Waals surface area (Å²) in [5.74, 6) is 2.49. The second kappa shape index (κ2) is 9.06. The summed E-state index contributed by atoms with van der Waals surface area (Å²) in [6, 6.07) is 0. The number of aliphatic hydroxyl groups excluding tert-OH is 2. The van der Waals surface area contributed by atoms with Crippen molar-refractivity contribution < 1.29 is 15.0 Å². The third-order valence-corrected chi connectivity index (χ3v) is 14.1. The zero-order valence-electron chi connectivity index (χ0n) is 24.2. The fraction of sp³-hybridized carbons (Fsp3) is 0.906. The molecule has 11 atom stereocenters. The van der Waals surface area contributed by atoms with Gasteiger partial charge in [0.2, 0.25) is 5.91 Å². The van der Waals surface area contributed by atoms with Gasteiger partial charge >= 0.3 is 0 Å². The minimum Gasteiger partial charge on any atom is -0.396 e. The number of hydrogen-bond donors (Lipinski definition) is 4. The Balaban J connectivity index is 1.54. The zero-order valence-corrected chi connectivity index (χ0v) is 24.2. The van der Waals surface area contributed by atoms with Crippen molar-refractivity contribution in [2.45, 2.75) is 105 Å². The molecule has 0 spiro atoms. The van der Waals surface area contributed by atoms with Crippen LogP contribution in [0.4, 0.5) is 0 Å². The molecule has 0 heterocycles. The van der Waals surface area contributed by atoms with E-state index in [2.05, 4.69) is 46.5 Å². The average Bonchev–Trinajstić information content (AvgIpc) is 3.27. The highest BCUT2D eigenvalue weighted by Crippen LogP contribution is 2.77. The first-order chi connectivity index (χ1) is 17.4. The molecule has 0 aromatic rings. The number of fused-ring (bicyclic) bond motifs is 7. The fourth-order valence-electron chi connectivity index (χ4n) is 11.9. The molecule has 0 radical (unpaired) electrons. The minimum absolute atomic E-state index is 0.0700. The number of rotatable bonds is 5. The topological polar surface area (TPSA) is 95.6 Å². The zero-order chi connectivity index (χ0) is 27.0. The SMILES string of the molecule is C=C(C)[C@@H]1CC[C@]2(C(=O)NCCN)CC[C@]3(C)C(CC[C@@H]4[C@@]5(C)CC[C@H](O)[C@@](C)(CO)[C@@H]5CC[C@]43C)[C@@H]12. The van der Waals surface area contributed by atoms with Crippen LogP contribution in [0.25, 0.3) is 0 Å². The average molecular weight is 515 g/mol. The number of nitrogens with one attached hydrogen (secondary N) is 1. The van der Waals surface area contributed by atoms with Crippen molar-refractivity contribution >= 4 is 5.91 Å². The van der Waals surface area contributed by atoms with E-state index in [-0.39, 0.29) is 34.2 Å².